The van der Waals surface area contributed by atoms with Gasteiger partial charge in [0.15, 0.2) is 5.84 Å². The van der Waals surface area contributed by atoms with Crippen LogP contribution in [0.5, 0.6) is 17.2 Å². The summed E-state index contributed by atoms with van der Waals surface area (Å²) in [5.74, 6) is -0.406. The van der Waals surface area contributed by atoms with E-state index in [1.807, 2.05) is 0 Å². The minimum Gasteiger partial charge on any atom is -0.508 e. The minimum atomic E-state index is -3.87. The highest BCUT2D eigenvalue weighted by atomic mass is 32.2. The number of rotatable bonds is 4. The smallest absolute Gasteiger partial charge is 0.344 e. The zero-order valence-corrected chi connectivity index (χ0v) is 17.3. The zero-order chi connectivity index (χ0) is 22.2. The molecule has 2 aromatic rings. The van der Waals surface area contributed by atoms with Crippen molar-refractivity contribution in [1.82, 2.24) is 4.90 Å². The molecule has 0 unspecified atom stereocenters. The van der Waals surface area contributed by atoms with E-state index < -0.39 is 10.2 Å². The topological polar surface area (TPSA) is 155 Å². The Hall–Kier alpha value is -3.47. The molecule has 2 aromatic carbocycles. The molecule has 2 heterocycles. The van der Waals surface area contributed by atoms with E-state index in [1.165, 1.54) is 12.1 Å². The predicted octanol–water partition coefficient (Wildman–Crippen LogP) is 1.40. The summed E-state index contributed by atoms with van der Waals surface area (Å²) in [6.07, 6.45) is 1.62. The maximum atomic E-state index is 12.8. The normalized spacial score (nSPS) is 19.7. The first kappa shape index (κ1) is 20.8. The Kier molecular flexibility index (Phi) is 5.36. The van der Waals surface area contributed by atoms with E-state index >= 15 is 0 Å². The van der Waals surface area contributed by atoms with Gasteiger partial charge in [-0.15, -0.1) is 4.40 Å². The van der Waals surface area contributed by atoms with Crippen molar-refractivity contribution < 1.29 is 28.2 Å². The summed E-state index contributed by atoms with van der Waals surface area (Å²) in [4.78, 5) is 14.4. The van der Waals surface area contributed by atoms with Crippen molar-refractivity contribution in [2.75, 3.05) is 24.4 Å². The Balaban J connectivity index is 1.45. The second kappa shape index (κ2) is 7.99. The van der Waals surface area contributed by atoms with E-state index in [2.05, 4.69) is 9.12 Å². The monoisotopic (exact) mass is 446 g/mol. The van der Waals surface area contributed by atoms with Crippen LogP contribution in [0.2, 0.25) is 0 Å². The van der Waals surface area contributed by atoms with E-state index in [0.717, 1.165) is 18.9 Å². The van der Waals surface area contributed by atoms with Gasteiger partial charge in [-0.1, -0.05) is 6.07 Å². The van der Waals surface area contributed by atoms with Crippen LogP contribution in [-0.4, -0.2) is 55.0 Å². The number of carbonyl (C=O) groups excluding carboxylic acids is 1. The molecule has 1 atom stereocenters. The molecule has 2 aliphatic rings. The lowest BCUT2D eigenvalue weighted by Gasteiger charge is -2.33. The minimum absolute atomic E-state index is 0.0336. The summed E-state index contributed by atoms with van der Waals surface area (Å²) in [5.41, 5.74) is 6.65. The molecule has 0 bridgehead atoms. The van der Waals surface area contributed by atoms with Gasteiger partial charge in [-0.05, 0) is 37.1 Å². The number of amidine groups is 1. The number of carbonyl (C=O) groups is 1. The number of nitrogens with two attached hydrogens (primary N) is 1. The molecule has 2 aliphatic heterocycles. The molecule has 5 N–H and O–H groups in total. The third kappa shape index (κ3) is 4.36. The maximum Gasteiger partial charge on any atom is 0.344 e. The zero-order valence-electron chi connectivity index (χ0n) is 16.5. The fourth-order valence-corrected chi connectivity index (χ4v) is 4.65. The summed E-state index contributed by atoms with van der Waals surface area (Å²) >= 11 is 0. The van der Waals surface area contributed by atoms with E-state index in [4.69, 9.17) is 10.5 Å². The summed E-state index contributed by atoms with van der Waals surface area (Å²) in [7, 11) is -3.87. The average molecular weight is 446 g/mol. The van der Waals surface area contributed by atoms with Gasteiger partial charge in [0, 0.05) is 25.1 Å². The number of hydrogen-bond donors (Lipinski definition) is 4. The van der Waals surface area contributed by atoms with E-state index in [9.17, 15) is 23.4 Å². The van der Waals surface area contributed by atoms with Crippen molar-refractivity contribution in [2.24, 2.45) is 16.0 Å². The quantitative estimate of drug-likeness (QED) is 0.553. The third-order valence-electron chi connectivity index (χ3n) is 5.23. The molecule has 4 rings (SSSR count). The van der Waals surface area contributed by atoms with Gasteiger partial charge in [0.2, 0.25) is 0 Å². The first-order valence-corrected chi connectivity index (χ1v) is 11.1. The van der Waals surface area contributed by atoms with E-state index in [1.54, 1.807) is 23.1 Å². The molecule has 1 amide bonds. The van der Waals surface area contributed by atoms with Crippen LogP contribution in [0, 0.1) is 5.92 Å². The fourth-order valence-electron chi connectivity index (χ4n) is 3.80. The third-order valence-corrected chi connectivity index (χ3v) is 6.15. The van der Waals surface area contributed by atoms with Gasteiger partial charge >= 0.3 is 10.2 Å². The number of ether oxygens (including phenoxy) is 1. The molecule has 164 valence electrons. The van der Waals surface area contributed by atoms with Crippen LogP contribution in [0.1, 0.15) is 28.8 Å². The van der Waals surface area contributed by atoms with Crippen molar-refractivity contribution >= 4 is 27.6 Å². The van der Waals surface area contributed by atoms with Crippen molar-refractivity contribution in [1.29, 1.82) is 0 Å². The fraction of sp³-hybridized carbons (Fsp3) is 0.300. The number of fused-ring (bicyclic) bond motifs is 1. The second-order valence-corrected chi connectivity index (χ2v) is 8.84. The van der Waals surface area contributed by atoms with Gasteiger partial charge in [0.05, 0.1) is 23.4 Å². The standard InChI is InChI=1S/C20H22N4O6S/c21-19-18-15(22-31(28,29)23-19)4-1-5-17(18)30-11-12-3-2-8-24(10-12)20(27)14-7-6-13(25)9-16(14)26/h1,4-7,9,12,22,25-26H,2-3,8,10-11H2,(H2,21,23)/t12-/m0/s1. The van der Waals surface area contributed by atoms with Gasteiger partial charge in [-0.3, -0.25) is 9.52 Å². The number of piperidine rings is 1. The summed E-state index contributed by atoms with van der Waals surface area (Å²) in [6.45, 7) is 1.28. The van der Waals surface area contributed by atoms with Crippen molar-refractivity contribution in [3.8, 4) is 17.2 Å². The number of phenolic OH excluding ortho intramolecular Hbond substituents is 2. The number of nitrogens with one attached hydrogen (secondary N) is 1. The first-order chi connectivity index (χ1) is 14.7. The van der Waals surface area contributed by atoms with Gasteiger partial charge in [0.25, 0.3) is 5.91 Å². The van der Waals surface area contributed by atoms with Gasteiger partial charge < -0.3 is 25.6 Å². The van der Waals surface area contributed by atoms with Crippen LogP contribution in [0.15, 0.2) is 40.8 Å². The maximum absolute atomic E-state index is 12.8. The first-order valence-electron chi connectivity index (χ1n) is 9.69. The molecule has 1 fully saturated rings. The molecule has 0 saturated carbocycles. The van der Waals surface area contributed by atoms with Gasteiger partial charge in [0.1, 0.15) is 17.2 Å². The molecule has 0 spiro atoms. The number of likely N-dealkylation sites (tertiary alicyclic amines) is 1. The highest BCUT2D eigenvalue weighted by Crippen LogP contribution is 2.31. The highest BCUT2D eigenvalue weighted by Gasteiger charge is 2.28. The van der Waals surface area contributed by atoms with Crippen molar-refractivity contribution in [3.05, 3.63) is 47.5 Å². The Morgan fingerprint density at radius 1 is 1.29 bits per heavy atom. The summed E-state index contributed by atoms with van der Waals surface area (Å²) < 4.78 is 35.2. The molecule has 0 radical (unpaired) electrons. The Bertz CT molecular complexity index is 1160. The Morgan fingerprint density at radius 2 is 2.10 bits per heavy atom. The van der Waals surface area contributed by atoms with E-state index in [-0.39, 0.29) is 34.7 Å². The summed E-state index contributed by atoms with van der Waals surface area (Å²) in [6, 6.07) is 8.80. The molecule has 11 heteroatoms. The largest absolute Gasteiger partial charge is 0.508 e. The molecular weight excluding hydrogens is 424 g/mol. The number of amides is 1. The lowest BCUT2D eigenvalue weighted by Crippen LogP contribution is -2.41. The molecule has 10 nitrogen and oxygen atoms in total. The average Bonchev–Trinajstić information content (AvgIpc) is 2.71. The van der Waals surface area contributed by atoms with Crippen LogP contribution in [-0.2, 0) is 10.2 Å². The molecule has 1 saturated heterocycles. The second-order valence-electron chi connectivity index (χ2n) is 7.50. The van der Waals surface area contributed by atoms with Crippen LogP contribution >= 0.6 is 0 Å². The summed E-state index contributed by atoms with van der Waals surface area (Å²) in [5, 5.41) is 19.4. The number of phenols is 2. The number of anilines is 1. The lowest BCUT2D eigenvalue weighted by atomic mass is 9.98. The highest BCUT2D eigenvalue weighted by molar-refractivity contribution is 7.91. The van der Waals surface area contributed by atoms with Crippen LogP contribution in [0.3, 0.4) is 0 Å². The van der Waals surface area contributed by atoms with Crippen LogP contribution < -0.4 is 15.2 Å². The number of aromatic hydroxyl groups is 2. The molecule has 0 aromatic heterocycles. The van der Waals surface area contributed by atoms with Crippen LogP contribution in [0.4, 0.5) is 5.69 Å². The van der Waals surface area contributed by atoms with Gasteiger partial charge in [-0.25, -0.2) is 0 Å². The molecule has 31 heavy (non-hydrogen) atoms. The Labute approximate surface area is 179 Å². The SMILES string of the molecule is NC1=NS(=O)(=O)Nc2cccc(OC[C@H]3CCCN(C(=O)c4ccc(O)cc4O)C3)c21. The van der Waals surface area contributed by atoms with Gasteiger partial charge in [-0.2, -0.15) is 8.42 Å². The lowest BCUT2D eigenvalue weighted by molar-refractivity contribution is 0.0630. The number of benzene rings is 2. The Morgan fingerprint density at radius 3 is 2.87 bits per heavy atom. The van der Waals surface area contributed by atoms with E-state index in [0.29, 0.717) is 36.7 Å². The number of hydrogen-bond acceptors (Lipinski definition) is 7. The van der Waals surface area contributed by atoms with Crippen molar-refractivity contribution in [3.63, 3.8) is 0 Å². The van der Waals surface area contributed by atoms with Crippen molar-refractivity contribution in [2.45, 2.75) is 12.8 Å². The molecular formula is C20H22N4O6S. The van der Waals surface area contributed by atoms with Crippen LogP contribution in [0.25, 0.3) is 0 Å². The molecule has 0 aliphatic carbocycles. The number of nitrogens with zero attached hydrogens (tertiary/aromatic N) is 2. The predicted molar refractivity (Wildman–Crippen MR) is 114 cm³/mol.